The highest BCUT2D eigenvalue weighted by Crippen LogP contribution is 2.10. The molecule has 0 unspecified atom stereocenters. The summed E-state index contributed by atoms with van der Waals surface area (Å²) in [6.07, 6.45) is 0.606. The Kier molecular flexibility index (Phi) is 4.33. The van der Waals surface area contributed by atoms with Gasteiger partial charge in [-0.15, -0.1) is 5.10 Å². The first-order valence-electron chi connectivity index (χ1n) is 4.54. The number of primary sulfonamides is 1. The van der Waals surface area contributed by atoms with Gasteiger partial charge in [0, 0.05) is 6.54 Å². The zero-order chi connectivity index (χ0) is 12.2. The Labute approximate surface area is 97.3 Å². The molecule has 16 heavy (non-hydrogen) atoms. The second kappa shape index (κ2) is 5.32. The van der Waals surface area contributed by atoms with Crippen molar-refractivity contribution in [3.05, 3.63) is 10.6 Å². The zero-order valence-electron chi connectivity index (χ0n) is 8.63. The number of amides is 1. The summed E-state index contributed by atoms with van der Waals surface area (Å²) >= 11 is 0.986. The normalized spacial score (nSPS) is 11.4. The Balaban J connectivity index is 2.54. The van der Waals surface area contributed by atoms with Crippen molar-refractivity contribution in [1.82, 2.24) is 14.9 Å². The fourth-order valence-corrected chi connectivity index (χ4v) is 2.05. The molecular formula is C7H12N4O3S2. The number of hydrogen-bond donors (Lipinski definition) is 2. The lowest BCUT2D eigenvalue weighted by Gasteiger charge is -2.02. The lowest BCUT2D eigenvalue weighted by atomic mass is 10.3. The van der Waals surface area contributed by atoms with Crippen molar-refractivity contribution >= 4 is 27.5 Å². The molecule has 7 nitrogen and oxygen atoms in total. The number of carbonyl (C=O) groups excluding carboxylic acids is 1. The summed E-state index contributed by atoms with van der Waals surface area (Å²) < 4.78 is 24.9. The lowest BCUT2D eigenvalue weighted by Crippen LogP contribution is -2.31. The second-order valence-corrected chi connectivity index (χ2v) is 5.51. The van der Waals surface area contributed by atoms with Crippen LogP contribution in [-0.4, -0.2) is 36.2 Å². The van der Waals surface area contributed by atoms with Gasteiger partial charge in [-0.05, 0) is 18.0 Å². The van der Waals surface area contributed by atoms with Gasteiger partial charge in [0.15, 0.2) is 0 Å². The van der Waals surface area contributed by atoms with E-state index in [1.165, 1.54) is 0 Å². The molecule has 1 heterocycles. The van der Waals surface area contributed by atoms with Crippen LogP contribution in [0.2, 0.25) is 0 Å². The van der Waals surface area contributed by atoms with Crippen molar-refractivity contribution < 1.29 is 13.2 Å². The number of aromatic nitrogens is 2. The third-order valence-electron chi connectivity index (χ3n) is 1.77. The highest BCUT2D eigenvalue weighted by Gasteiger charge is 2.14. The van der Waals surface area contributed by atoms with Crippen LogP contribution in [0.1, 0.15) is 22.3 Å². The van der Waals surface area contributed by atoms with Crippen molar-refractivity contribution in [2.24, 2.45) is 5.14 Å². The number of aryl methyl sites for hydroxylation is 1. The summed E-state index contributed by atoms with van der Waals surface area (Å²) in [5.74, 6) is -0.651. The molecule has 0 fully saturated rings. The maximum Gasteiger partial charge on any atom is 0.264 e. The molecule has 0 spiro atoms. The van der Waals surface area contributed by atoms with Crippen LogP contribution < -0.4 is 10.5 Å². The first-order chi connectivity index (χ1) is 7.44. The zero-order valence-corrected chi connectivity index (χ0v) is 10.3. The lowest BCUT2D eigenvalue weighted by molar-refractivity contribution is 0.0959. The van der Waals surface area contributed by atoms with E-state index in [1.807, 2.05) is 6.92 Å². The molecule has 3 N–H and O–H groups in total. The molecule has 90 valence electrons. The molecule has 0 aromatic carbocycles. The van der Waals surface area contributed by atoms with Gasteiger partial charge < -0.3 is 5.32 Å². The summed E-state index contributed by atoms with van der Waals surface area (Å²) in [6.45, 7) is 1.84. The minimum atomic E-state index is -3.55. The number of nitrogens with one attached hydrogen (secondary N) is 1. The van der Waals surface area contributed by atoms with Crippen LogP contribution in [0.3, 0.4) is 0 Å². The van der Waals surface area contributed by atoms with Gasteiger partial charge in [0.2, 0.25) is 10.0 Å². The topological polar surface area (TPSA) is 115 Å². The Bertz CT molecular complexity index is 468. The van der Waals surface area contributed by atoms with Gasteiger partial charge in [0.05, 0.1) is 11.4 Å². The number of nitrogens with zero attached hydrogens (tertiary/aromatic N) is 2. The predicted molar refractivity (Wildman–Crippen MR) is 59.6 cm³/mol. The van der Waals surface area contributed by atoms with Crippen LogP contribution in [-0.2, 0) is 16.4 Å². The Hall–Kier alpha value is -1.06. The smallest absolute Gasteiger partial charge is 0.264 e. The quantitative estimate of drug-likeness (QED) is 0.716. The fourth-order valence-electron chi connectivity index (χ4n) is 0.999. The second-order valence-electron chi connectivity index (χ2n) is 3.03. The third-order valence-corrected chi connectivity index (χ3v) is 3.31. The van der Waals surface area contributed by atoms with Crippen molar-refractivity contribution in [3.63, 3.8) is 0 Å². The van der Waals surface area contributed by atoms with Crippen LogP contribution in [0.4, 0.5) is 0 Å². The van der Waals surface area contributed by atoms with Crippen molar-refractivity contribution in [3.8, 4) is 0 Å². The Morgan fingerprint density at radius 1 is 1.56 bits per heavy atom. The van der Waals surface area contributed by atoms with Gasteiger partial charge in [0.1, 0.15) is 4.88 Å². The number of nitrogens with two attached hydrogens (primary N) is 1. The molecule has 0 radical (unpaired) electrons. The average molecular weight is 264 g/mol. The van der Waals surface area contributed by atoms with E-state index in [9.17, 15) is 13.2 Å². The summed E-state index contributed by atoms with van der Waals surface area (Å²) in [6, 6.07) is 0. The van der Waals surface area contributed by atoms with Crippen molar-refractivity contribution in [2.75, 3.05) is 12.3 Å². The fraction of sp³-hybridized carbons (Fsp3) is 0.571. The van der Waals surface area contributed by atoms with E-state index in [-0.39, 0.29) is 18.2 Å². The first kappa shape index (κ1) is 13.0. The summed E-state index contributed by atoms with van der Waals surface area (Å²) in [7, 11) is -3.55. The van der Waals surface area contributed by atoms with Crippen molar-refractivity contribution in [1.29, 1.82) is 0 Å². The van der Waals surface area contributed by atoms with E-state index in [4.69, 9.17) is 5.14 Å². The summed E-state index contributed by atoms with van der Waals surface area (Å²) in [5, 5.41) is 11.0. The van der Waals surface area contributed by atoms with Gasteiger partial charge >= 0.3 is 0 Å². The van der Waals surface area contributed by atoms with Gasteiger partial charge in [-0.3, -0.25) is 4.79 Å². The van der Waals surface area contributed by atoms with Crippen LogP contribution in [0, 0.1) is 0 Å². The van der Waals surface area contributed by atoms with Crippen LogP contribution >= 0.6 is 11.5 Å². The molecule has 0 saturated carbocycles. The molecule has 1 aromatic rings. The average Bonchev–Trinajstić information content (AvgIpc) is 2.63. The van der Waals surface area contributed by atoms with E-state index in [2.05, 4.69) is 14.9 Å². The number of hydrogen-bond acceptors (Lipinski definition) is 6. The first-order valence-corrected chi connectivity index (χ1v) is 7.03. The SMILES string of the molecule is CCc1nnsc1C(=O)NCCS(N)(=O)=O. The van der Waals surface area contributed by atoms with Gasteiger partial charge in [-0.25, -0.2) is 13.6 Å². The molecule has 0 aliphatic carbocycles. The molecule has 0 aliphatic rings. The standard InChI is InChI=1S/C7H12N4O3S2/c1-2-5-6(15-11-10-5)7(12)9-3-4-16(8,13)14/h2-4H2,1H3,(H,9,12)(H2,8,13,14). The highest BCUT2D eigenvalue weighted by molar-refractivity contribution is 7.89. The van der Waals surface area contributed by atoms with Crippen molar-refractivity contribution in [2.45, 2.75) is 13.3 Å². The molecule has 0 atom stereocenters. The van der Waals surface area contributed by atoms with E-state index in [0.717, 1.165) is 11.5 Å². The molecular weight excluding hydrogens is 252 g/mol. The minimum absolute atomic E-state index is 0.0152. The van der Waals surface area contributed by atoms with E-state index >= 15 is 0 Å². The van der Waals surface area contributed by atoms with Crippen LogP contribution in [0.5, 0.6) is 0 Å². The molecule has 9 heteroatoms. The number of rotatable bonds is 5. The van der Waals surface area contributed by atoms with Crippen LogP contribution in [0.15, 0.2) is 0 Å². The van der Waals surface area contributed by atoms with Gasteiger partial charge in [0.25, 0.3) is 5.91 Å². The molecule has 0 saturated heterocycles. The van der Waals surface area contributed by atoms with E-state index in [1.54, 1.807) is 0 Å². The van der Waals surface area contributed by atoms with Gasteiger partial charge in [-0.1, -0.05) is 11.4 Å². The number of carbonyl (C=O) groups is 1. The third kappa shape index (κ3) is 3.83. The predicted octanol–water partition coefficient (Wildman–Crippen LogP) is -0.881. The summed E-state index contributed by atoms with van der Waals surface area (Å²) in [5.41, 5.74) is 0.609. The summed E-state index contributed by atoms with van der Waals surface area (Å²) in [4.78, 5) is 12.0. The highest BCUT2D eigenvalue weighted by atomic mass is 32.2. The molecule has 1 aromatic heterocycles. The monoisotopic (exact) mass is 264 g/mol. The molecule has 1 rings (SSSR count). The number of sulfonamides is 1. The van der Waals surface area contributed by atoms with Gasteiger partial charge in [-0.2, -0.15) is 0 Å². The minimum Gasteiger partial charge on any atom is -0.350 e. The van der Waals surface area contributed by atoms with E-state index < -0.39 is 10.0 Å². The Morgan fingerprint density at radius 2 is 2.25 bits per heavy atom. The van der Waals surface area contributed by atoms with Crippen LogP contribution in [0.25, 0.3) is 0 Å². The molecule has 0 bridgehead atoms. The molecule has 0 aliphatic heterocycles. The van der Waals surface area contributed by atoms with E-state index in [0.29, 0.717) is 17.0 Å². The Morgan fingerprint density at radius 3 is 2.81 bits per heavy atom. The maximum absolute atomic E-state index is 11.6. The largest absolute Gasteiger partial charge is 0.350 e. The maximum atomic E-state index is 11.6. The molecule has 1 amide bonds.